The molecule has 3 aromatic rings. The number of hydrogen-bond donors (Lipinski definition) is 1. The molecule has 0 saturated carbocycles. The van der Waals surface area contributed by atoms with E-state index in [4.69, 9.17) is 18.8 Å². The fourth-order valence-corrected chi connectivity index (χ4v) is 3.09. The van der Waals surface area contributed by atoms with Crippen LogP contribution in [0.5, 0.6) is 5.75 Å². The molecule has 0 saturated heterocycles. The molecule has 3 rings (SSSR count). The van der Waals surface area contributed by atoms with Crippen molar-refractivity contribution in [3.05, 3.63) is 83.8 Å². The number of hydrogen-bond acceptors (Lipinski definition) is 8. The number of ether oxygens (including phenoxy) is 1. The molecular formula is C25H28F3NO6S. The van der Waals surface area contributed by atoms with E-state index in [9.17, 15) is 18.0 Å². The van der Waals surface area contributed by atoms with Gasteiger partial charge in [0.25, 0.3) is 5.12 Å². The molecule has 1 heterocycles. The topological polar surface area (TPSA) is 103 Å². The lowest BCUT2D eigenvalue weighted by Gasteiger charge is -2.08. The molecule has 0 fully saturated rings. The standard InChI is InChI=1S/C14H15NO2S.C8H7F3O.3CH2O/c1-15-12-6-4-11(5-7-12)8-10-18-14(16)13-3-2-9-17-13;1-6-2-4-7(5-3-6)12-8(9,10)11;3*1-2/h2-7,9,15H,8,10H2,1H3;2-5H,1H3;3*1H2. The number of rotatable bonds is 6. The molecular weight excluding hydrogens is 499 g/mol. The van der Waals surface area contributed by atoms with Gasteiger partial charge in [0.2, 0.25) is 0 Å². The first-order valence-electron chi connectivity index (χ1n) is 9.93. The van der Waals surface area contributed by atoms with E-state index in [1.807, 2.05) is 39.5 Å². The summed E-state index contributed by atoms with van der Waals surface area (Å²) in [5, 5.41) is 3.07. The van der Waals surface area contributed by atoms with Crippen LogP contribution in [0.2, 0.25) is 0 Å². The van der Waals surface area contributed by atoms with Gasteiger partial charge in [0, 0.05) is 18.5 Å². The lowest BCUT2D eigenvalue weighted by molar-refractivity contribution is -0.274. The molecule has 11 heteroatoms. The Balaban J connectivity index is 0. The minimum atomic E-state index is -4.60. The highest BCUT2D eigenvalue weighted by atomic mass is 32.2. The van der Waals surface area contributed by atoms with Crippen LogP contribution in [0.4, 0.5) is 18.9 Å². The van der Waals surface area contributed by atoms with Gasteiger partial charge in [-0.05, 0) is 55.3 Å². The zero-order valence-corrected chi connectivity index (χ0v) is 20.7. The van der Waals surface area contributed by atoms with Crippen molar-refractivity contribution >= 4 is 42.9 Å². The minimum absolute atomic E-state index is 0.00755. The third kappa shape index (κ3) is 15.9. The minimum Gasteiger partial charge on any atom is -0.460 e. The van der Waals surface area contributed by atoms with Gasteiger partial charge in [-0.2, -0.15) is 0 Å². The van der Waals surface area contributed by atoms with Crippen molar-refractivity contribution in [3.8, 4) is 5.75 Å². The van der Waals surface area contributed by atoms with Crippen molar-refractivity contribution in [2.75, 3.05) is 18.1 Å². The first-order chi connectivity index (χ1) is 17.3. The van der Waals surface area contributed by atoms with Gasteiger partial charge in [0.15, 0.2) is 5.76 Å². The van der Waals surface area contributed by atoms with Crippen molar-refractivity contribution < 1.29 is 41.5 Å². The summed E-state index contributed by atoms with van der Waals surface area (Å²) in [7, 11) is 1.90. The predicted octanol–water partition coefficient (Wildman–Crippen LogP) is 5.78. The summed E-state index contributed by atoms with van der Waals surface area (Å²) in [5.74, 6) is 0.997. The van der Waals surface area contributed by atoms with E-state index < -0.39 is 6.36 Å². The maximum absolute atomic E-state index is 11.7. The van der Waals surface area contributed by atoms with Crippen LogP contribution in [0.3, 0.4) is 0 Å². The number of benzene rings is 2. The van der Waals surface area contributed by atoms with E-state index in [0.29, 0.717) is 5.76 Å². The lowest BCUT2D eigenvalue weighted by atomic mass is 10.1. The summed E-state index contributed by atoms with van der Waals surface area (Å²) in [5.41, 5.74) is 3.22. The molecule has 36 heavy (non-hydrogen) atoms. The molecule has 196 valence electrons. The predicted molar refractivity (Wildman–Crippen MR) is 134 cm³/mol. The number of nitrogens with one attached hydrogen (secondary N) is 1. The Morgan fingerprint density at radius 2 is 1.50 bits per heavy atom. The second-order valence-corrected chi connectivity index (χ2v) is 7.24. The molecule has 0 aliphatic carbocycles. The average molecular weight is 528 g/mol. The van der Waals surface area contributed by atoms with Crippen molar-refractivity contribution in [3.63, 3.8) is 0 Å². The van der Waals surface area contributed by atoms with E-state index in [1.165, 1.54) is 35.7 Å². The fraction of sp³-hybridized carbons (Fsp3) is 0.200. The molecule has 0 spiro atoms. The third-order valence-corrected chi connectivity index (χ3v) is 4.72. The quantitative estimate of drug-likeness (QED) is 0.431. The van der Waals surface area contributed by atoms with Gasteiger partial charge >= 0.3 is 6.36 Å². The zero-order valence-electron chi connectivity index (χ0n) is 19.9. The SMILES string of the molecule is C=O.C=O.C=O.CNc1ccc(CCSC(=O)c2ccco2)cc1.Cc1ccc(OC(F)(F)F)cc1. The van der Waals surface area contributed by atoms with Crippen LogP contribution in [-0.2, 0) is 20.8 Å². The van der Waals surface area contributed by atoms with Crippen molar-refractivity contribution in [2.24, 2.45) is 0 Å². The Bertz CT molecular complexity index is 945. The molecule has 0 amide bonds. The first-order valence-corrected chi connectivity index (χ1v) is 10.9. The second kappa shape index (κ2) is 20.5. The summed E-state index contributed by atoms with van der Waals surface area (Å²) in [6.45, 7) is 7.79. The molecule has 0 atom stereocenters. The summed E-state index contributed by atoms with van der Waals surface area (Å²) in [6.07, 6.45) is -2.21. The number of carbonyl (C=O) groups excluding carboxylic acids is 4. The largest absolute Gasteiger partial charge is 0.573 e. The number of aryl methyl sites for hydroxylation is 2. The highest BCUT2D eigenvalue weighted by molar-refractivity contribution is 8.14. The monoisotopic (exact) mass is 527 g/mol. The van der Waals surface area contributed by atoms with Gasteiger partial charge in [0.05, 0.1) is 6.26 Å². The summed E-state index contributed by atoms with van der Waals surface area (Å²) >= 11 is 1.29. The second-order valence-electron chi connectivity index (χ2n) is 6.17. The maximum Gasteiger partial charge on any atom is 0.573 e. The number of alkyl halides is 3. The maximum atomic E-state index is 11.7. The van der Waals surface area contributed by atoms with Gasteiger partial charge in [-0.3, -0.25) is 4.79 Å². The Morgan fingerprint density at radius 3 is 1.94 bits per heavy atom. The third-order valence-electron chi connectivity index (χ3n) is 3.84. The van der Waals surface area contributed by atoms with E-state index in [-0.39, 0.29) is 10.9 Å². The van der Waals surface area contributed by atoms with E-state index in [0.717, 1.165) is 23.4 Å². The van der Waals surface area contributed by atoms with E-state index in [1.54, 1.807) is 31.2 Å². The smallest absolute Gasteiger partial charge is 0.460 e. The summed E-state index contributed by atoms with van der Waals surface area (Å²) in [6, 6.07) is 17.3. The summed E-state index contributed by atoms with van der Waals surface area (Å²) in [4.78, 5) is 35.7. The normalized spacial score (nSPS) is 9.25. The number of thioether (sulfide) groups is 1. The molecule has 1 N–H and O–H groups in total. The molecule has 1 aromatic heterocycles. The Hall–Kier alpha value is -3.86. The molecule has 0 bridgehead atoms. The molecule has 0 radical (unpaired) electrons. The highest BCUT2D eigenvalue weighted by Crippen LogP contribution is 2.22. The van der Waals surface area contributed by atoms with Crippen LogP contribution in [0.25, 0.3) is 0 Å². The number of carbonyl (C=O) groups is 4. The lowest BCUT2D eigenvalue weighted by Crippen LogP contribution is -2.16. The number of halogens is 3. The van der Waals surface area contributed by atoms with Crippen LogP contribution < -0.4 is 10.1 Å². The molecule has 0 aliphatic heterocycles. The van der Waals surface area contributed by atoms with Crippen LogP contribution >= 0.6 is 11.8 Å². The van der Waals surface area contributed by atoms with Crippen LogP contribution in [-0.4, -0.2) is 44.6 Å². The highest BCUT2D eigenvalue weighted by Gasteiger charge is 2.30. The van der Waals surface area contributed by atoms with Crippen molar-refractivity contribution in [2.45, 2.75) is 19.7 Å². The van der Waals surface area contributed by atoms with Crippen LogP contribution in [0, 0.1) is 6.92 Å². The molecule has 7 nitrogen and oxygen atoms in total. The Labute approximate surface area is 212 Å². The summed E-state index contributed by atoms with van der Waals surface area (Å²) < 4.78 is 43.6. The van der Waals surface area contributed by atoms with Gasteiger partial charge in [-0.15, -0.1) is 13.2 Å². The number of furan rings is 1. The van der Waals surface area contributed by atoms with Crippen molar-refractivity contribution in [1.82, 2.24) is 0 Å². The average Bonchev–Trinajstić information content (AvgIpc) is 3.44. The van der Waals surface area contributed by atoms with Crippen molar-refractivity contribution in [1.29, 1.82) is 0 Å². The number of anilines is 1. The van der Waals surface area contributed by atoms with Gasteiger partial charge in [0.1, 0.15) is 26.1 Å². The van der Waals surface area contributed by atoms with Crippen LogP contribution in [0.15, 0.2) is 71.3 Å². The van der Waals surface area contributed by atoms with Gasteiger partial charge in [-0.25, -0.2) is 0 Å². The first kappa shape index (κ1) is 34.3. The van der Waals surface area contributed by atoms with Crippen LogP contribution in [0.1, 0.15) is 21.7 Å². The molecule has 0 unspecified atom stereocenters. The van der Waals surface area contributed by atoms with Gasteiger partial charge < -0.3 is 28.9 Å². The van der Waals surface area contributed by atoms with E-state index >= 15 is 0 Å². The Morgan fingerprint density at radius 1 is 0.944 bits per heavy atom. The van der Waals surface area contributed by atoms with Gasteiger partial charge in [-0.1, -0.05) is 41.6 Å². The Kier molecular flexibility index (Phi) is 19.5. The molecule has 2 aromatic carbocycles. The zero-order chi connectivity index (χ0) is 28.0. The fourth-order valence-electron chi connectivity index (χ4n) is 2.31. The molecule has 0 aliphatic rings. The van der Waals surface area contributed by atoms with E-state index in [2.05, 4.69) is 22.2 Å².